The molecule has 0 saturated carbocycles. The van der Waals surface area contributed by atoms with Crippen molar-refractivity contribution in [2.24, 2.45) is 0 Å². The number of nitrogens with one attached hydrogen (secondary N) is 1. The van der Waals surface area contributed by atoms with E-state index < -0.39 is 6.61 Å². The predicted octanol–water partition coefficient (Wildman–Crippen LogP) is 5.11. The van der Waals surface area contributed by atoms with Crippen LogP contribution >= 0.6 is 11.6 Å². The topological polar surface area (TPSA) is 21.3 Å². The Bertz CT molecular complexity index is 543. The molecule has 0 bridgehead atoms. The van der Waals surface area contributed by atoms with E-state index in [1.807, 2.05) is 31.2 Å². The third kappa shape index (κ3) is 4.10. The lowest BCUT2D eigenvalue weighted by Gasteiger charge is -2.16. The highest BCUT2D eigenvalue weighted by atomic mass is 35.5. The van der Waals surface area contributed by atoms with Gasteiger partial charge >= 0.3 is 6.61 Å². The first-order valence-corrected chi connectivity index (χ1v) is 6.49. The van der Waals surface area contributed by atoms with Gasteiger partial charge in [-0.05, 0) is 48.9 Å². The van der Waals surface area contributed by atoms with Crippen LogP contribution in [0.4, 0.5) is 14.5 Å². The van der Waals surface area contributed by atoms with Gasteiger partial charge < -0.3 is 10.1 Å². The largest absolute Gasteiger partial charge is 0.435 e. The Balaban J connectivity index is 2.00. The lowest BCUT2D eigenvalue weighted by Crippen LogP contribution is -2.06. The monoisotopic (exact) mass is 297 g/mol. The van der Waals surface area contributed by atoms with Crippen LogP contribution in [0.2, 0.25) is 5.02 Å². The average molecular weight is 298 g/mol. The van der Waals surface area contributed by atoms with Crippen LogP contribution in [0.3, 0.4) is 0 Å². The molecular weight excluding hydrogens is 284 g/mol. The fourth-order valence-corrected chi connectivity index (χ4v) is 1.94. The molecule has 0 amide bonds. The fourth-order valence-electron chi connectivity index (χ4n) is 1.82. The summed E-state index contributed by atoms with van der Waals surface area (Å²) in [7, 11) is 0. The Morgan fingerprint density at radius 3 is 2.15 bits per heavy atom. The molecule has 0 heterocycles. The van der Waals surface area contributed by atoms with Crippen molar-refractivity contribution in [1.29, 1.82) is 0 Å². The molecule has 5 heteroatoms. The van der Waals surface area contributed by atoms with Crippen LogP contribution in [-0.2, 0) is 0 Å². The van der Waals surface area contributed by atoms with Crippen molar-refractivity contribution in [3.05, 3.63) is 59.1 Å². The van der Waals surface area contributed by atoms with Gasteiger partial charge in [-0.15, -0.1) is 0 Å². The molecule has 2 aromatic carbocycles. The summed E-state index contributed by atoms with van der Waals surface area (Å²) in [5.41, 5.74) is 1.91. The first kappa shape index (κ1) is 14.6. The van der Waals surface area contributed by atoms with Crippen LogP contribution < -0.4 is 10.1 Å². The first-order chi connectivity index (χ1) is 9.54. The number of hydrogen-bond acceptors (Lipinski definition) is 2. The van der Waals surface area contributed by atoms with E-state index in [4.69, 9.17) is 11.6 Å². The highest BCUT2D eigenvalue weighted by Crippen LogP contribution is 2.23. The molecule has 2 nitrogen and oxygen atoms in total. The number of halogens is 3. The molecule has 0 radical (unpaired) electrons. The predicted molar refractivity (Wildman–Crippen MR) is 76.6 cm³/mol. The number of alkyl halides is 2. The van der Waals surface area contributed by atoms with Crippen molar-refractivity contribution in [3.63, 3.8) is 0 Å². The lowest BCUT2D eigenvalue weighted by molar-refractivity contribution is -0.0498. The van der Waals surface area contributed by atoms with Crippen LogP contribution in [0.15, 0.2) is 48.5 Å². The van der Waals surface area contributed by atoms with Crippen LogP contribution in [0.25, 0.3) is 0 Å². The molecule has 0 aliphatic heterocycles. The second-order valence-electron chi connectivity index (χ2n) is 4.32. The summed E-state index contributed by atoms with van der Waals surface area (Å²) >= 11 is 5.84. The molecule has 1 atom stereocenters. The standard InChI is InChI=1S/C15H14ClF2NO/c1-10(11-2-4-12(16)5-3-11)19-13-6-8-14(9-7-13)20-15(17)18/h2-10,15,19H,1H3. The molecule has 20 heavy (non-hydrogen) atoms. The van der Waals surface area contributed by atoms with Crippen molar-refractivity contribution in [2.45, 2.75) is 19.6 Å². The number of ether oxygens (including phenoxy) is 1. The number of benzene rings is 2. The molecule has 0 fully saturated rings. The Hall–Kier alpha value is -1.81. The second-order valence-corrected chi connectivity index (χ2v) is 4.76. The minimum Gasteiger partial charge on any atom is -0.435 e. The molecular formula is C15H14ClF2NO. The Labute approximate surface area is 121 Å². The maximum atomic E-state index is 12.0. The SMILES string of the molecule is CC(Nc1ccc(OC(F)F)cc1)c1ccc(Cl)cc1. The van der Waals surface area contributed by atoms with Crippen LogP contribution in [-0.4, -0.2) is 6.61 Å². The molecule has 2 aromatic rings. The Morgan fingerprint density at radius 1 is 1.00 bits per heavy atom. The average Bonchev–Trinajstić information content (AvgIpc) is 2.41. The van der Waals surface area contributed by atoms with E-state index in [0.717, 1.165) is 11.3 Å². The third-order valence-corrected chi connectivity index (χ3v) is 3.08. The minimum atomic E-state index is -2.80. The van der Waals surface area contributed by atoms with E-state index in [9.17, 15) is 8.78 Å². The van der Waals surface area contributed by atoms with Crippen molar-refractivity contribution >= 4 is 17.3 Å². The van der Waals surface area contributed by atoms with E-state index in [1.54, 1.807) is 12.1 Å². The van der Waals surface area contributed by atoms with Gasteiger partial charge in [0.1, 0.15) is 5.75 Å². The minimum absolute atomic E-state index is 0.0779. The Morgan fingerprint density at radius 2 is 1.60 bits per heavy atom. The summed E-state index contributed by atoms with van der Waals surface area (Å²) in [4.78, 5) is 0. The van der Waals surface area contributed by atoms with Crippen molar-refractivity contribution < 1.29 is 13.5 Å². The summed E-state index contributed by atoms with van der Waals surface area (Å²) in [6, 6.07) is 14.0. The highest BCUT2D eigenvalue weighted by Gasteiger charge is 2.07. The molecule has 106 valence electrons. The van der Waals surface area contributed by atoms with Gasteiger partial charge in [0.15, 0.2) is 0 Å². The molecule has 1 N–H and O–H groups in total. The summed E-state index contributed by atoms with van der Waals surface area (Å²) in [5.74, 6) is 0.143. The van der Waals surface area contributed by atoms with Gasteiger partial charge in [0, 0.05) is 16.8 Å². The van der Waals surface area contributed by atoms with Gasteiger partial charge in [-0.3, -0.25) is 0 Å². The third-order valence-electron chi connectivity index (χ3n) is 2.83. The molecule has 0 spiro atoms. The molecule has 2 rings (SSSR count). The summed E-state index contributed by atoms with van der Waals surface area (Å²) < 4.78 is 28.4. The van der Waals surface area contributed by atoms with Crippen molar-refractivity contribution in [3.8, 4) is 5.75 Å². The quantitative estimate of drug-likeness (QED) is 0.827. The zero-order valence-electron chi connectivity index (χ0n) is 10.8. The van der Waals surface area contributed by atoms with Gasteiger partial charge in [-0.25, -0.2) is 0 Å². The van der Waals surface area contributed by atoms with Gasteiger partial charge in [0.25, 0.3) is 0 Å². The second kappa shape index (κ2) is 6.57. The van der Waals surface area contributed by atoms with Gasteiger partial charge in [-0.1, -0.05) is 23.7 Å². The summed E-state index contributed by atoms with van der Waals surface area (Å²) in [6.45, 7) is -0.797. The van der Waals surface area contributed by atoms with E-state index in [0.29, 0.717) is 5.02 Å². The van der Waals surface area contributed by atoms with Gasteiger partial charge in [0.2, 0.25) is 0 Å². The highest BCUT2D eigenvalue weighted by molar-refractivity contribution is 6.30. The number of anilines is 1. The van der Waals surface area contributed by atoms with E-state index in [-0.39, 0.29) is 11.8 Å². The van der Waals surface area contributed by atoms with Gasteiger partial charge in [-0.2, -0.15) is 8.78 Å². The van der Waals surface area contributed by atoms with Crippen LogP contribution in [0.1, 0.15) is 18.5 Å². The molecule has 0 aliphatic carbocycles. The summed E-state index contributed by atoms with van der Waals surface area (Å²) in [5, 5.41) is 3.96. The lowest BCUT2D eigenvalue weighted by atomic mass is 10.1. The van der Waals surface area contributed by atoms with Crippen molar-refractivity contribution in [2.75, 3.05) is 5.32 Å². The molecule has 0 aliphatic rings. The fraction of sp³-hybridized carbons (Fsp3) is 0.200. The zero-order valence-corrected chi connectivity index (χ0v) is 11.6. The zero-order chi connectivity index (χ0) is 14.5. The van der Waals surface area contributed by atoms with E-state index in [1.165, 1.54) is 12.1 Å². The molecule has 0 saturated heterocycles. The molecule has 1 unspecified atom stereocenters. The van der Waals surface area contributed by atoms with Crippen molar-refractivity contribution in [1.82, 2.24) is 0 Å². The van der Waals surface area contributed by atoms with Gasteiger partial charge in [0.05, 0.1) is 0 Å². The number of rotatable bonds is 5. The Kier molecular flexibility index (Phi) is 4.79. The maximum absolute atomic E-state index is 12.0. The molecule has 0 aromatic heterocycles. The number of hydrogen-bond donors (Lipinski definition) is 1. The van der Waals surface area contributed by atoms with Crippen LogP contribution in [0, 0.1) is 0 Å². The normalized spacial score (nSPS) is 12.2. The van der Waals surface area contributed by atoms with E-state index in [2.05, 4.69) is 10.1 Å². The summed E-state index contributed by atoms with van der Waals surface area (Å²) in [6.07, 6.45) is 0. The first-order valence-electron chi connectivity index (χ1n) is 6.11. The van der Waals surface area contributed by atoms with Crippen LogP contribution in [0.5, 0.6) is 5.75 Å². The smallest absolute Gasteiger partial charge is 0.387 e. The maximum Gasteiger partial charge on any atom is 0.387 e. The van der Waals surface area contributed by atoms with E-state index >= 15 is 0 Å².